The number of anilines is 1. The van der Waals surface area contributed by atoms with Crippen LogP contribution in [0.3, 0.4) is 0 Å². The fourth-order valence-electron chi connectivity index (χ4n) is 1.90. The van der Waals surface area contributed by atoms with Gasteiger partial charge >= 0.3 is 5.97 Å². The highest BCUT2D eigenvalue weighted by Crippen LogP contribution is 2.39. The molecule has 0 unspecified atom stereocenters. The summed E-state index contributed by atoms with van der Waals surface area (Å²) < 4.78 is 10.3. The summed E-state index contributed by atoms with van der Waals surface area (Å²) in [4.78, 5) is 22.5. The molecule has 1 aromatic rings. The van der Waals surface area contributed by atoms with E-state index in [0.717, 1.165) is 0 Å². The Kier molecular flexibility index (Phi) is 4.57. The average molecular weight is 279 g/mol. The van der Waals surface area contributed by atoms with Crippen LogP contribution >= 0.6 is 0 Å². The van der Waals surface area contributed by atoms with Gasteiger partial charge in [-0.15, -0.1) is 0 Å². The van der Waals surface area contributed by atoms with Crippen LogP contribution in [-0.2, 0) is 14.3 Å². The van der Waals surface area contributed by atoms with Gasteiger partial charge in [0.05, 0.1) is 18.4 Å². The van der Waals surface area contributed by atoms with E-state index >= 15 is 0 Å². The largest absolute Gasteiger partial charge is 0.491 e. The van der Waals surface area contributed by atoms with Crippen LogP contribution in [0.5, 0.6) is 5.75 Å². The van der Waals surface area contributed by atoms with Crippen molar-refractivity contribution in [2.24, 2.45) is 11.8 Å². The summed E-state index contributed by atoms with van der Waals surface area (Å²) in [6.07, 6.45) is 0.408. The molecule has 0 aliphatic heterocycles. The summed E-state index contributed by atoms with van der Waals surface area (Å²) in [6, 6.07) is 6.98. The van der Waals surface area contributed by atoms with Gasteiger partial charge < -0.3 is 19.9 Å². The molecule has 1 fully saturated rings. The van der Waals surface area contributed by atoms with E-state index in [2.05, 4.69) is 5.32 Å². The Morgan fingerprint density at radius 3 is 2.80 bits per heavy atom. The summed E-state index contributed by atoms with van der Waals surface area (Å²) in [5.41, 5.74) is 0.598. The predicted molar refractivity (Wildman–Crippen MR) is 71.7 cm³/mol. The first kappa shape index (κ1) is 14.3. The number of carboxylic acids is 1. The molecule has 20 heavy (non-hydrogen) atoms. The van der Waals surface area contributed by atoms with Gasteiger partial charge in [-0.1, -0.05) is 6.07 Å². The number of rotatable bonds is 7. The van der Waals surface area contributed by atoms with E-state index in [9.17, 15) is 9.59 Å². The van der Waals surface area contributed by atoms with Crippen molar-refractivity contribution in [3.63, 3.8) is 0 Å². The number of carbonyl (C=O) groups excluding carboxylic acids is 1. The molecule has 0 spiro atoms. The maximum atomic E-state index is 11.8. The monoisotopic (exact) mass is 279 g/mol. The van der Waals surface area contributed by atoms with Crippen molar-refractivity contribution in [3.05, 3.63) is 24.3 Å². The van der Waals surface area contributed by atoms with Crippen molar-refractivity contribution in [2.75, 3.05) is 25.6 Å². The zero-order valence-corrected chi connectivity index (χ0v) is 11.2. The minimum atomic E-state index is -0.915. The second-order valence-electron chi connectivity index (χ2n) is 4.65. The zero-order chi connectivity index (χ0) is 14.5. The summed E-state index contributed by atoms with van der Waals surface area (Å²) in [5, 5.41) is 11.5. The lowest BCUT2D eigenvalue weighted by Crippen LogP contribution is -2.16. The third-order valence-electron chi connectivity index (χ3n) is 3.10. The van der Waals surface area contributed by atoms with E-state index in [1.165, 1.54) is 0 Å². The molecule has 6 nitrogen and oxygen atoms in total. The molecule has 6 heteroatoms. The quantitative estimate of drug-likeness (QED) is 0.736. The highest BCUT2D eigenvalue weighted by molar-refractivity contribution is 5.98. The van der Waals surface area contributed by atoms with Gasteiger partial charge in [0, 0.05) is 18.9 Å². The highest BCUT2D eigenvalue weighted by atomic mass is 16.5. The first-order valence-electron chi connectivity index (χ1n) is 6.37. The van der Waals surface area contributed by atoms with Crippen molar-refractivity contribution < 1.29 is 24.2 Å². The molecule has 2 N–H and O–H groups in total. The lowest BCUT2D eigenvalue weighted by atomic mass is 10.2. The molecule has 0 heterocycles. The number of ether oxygens (including phenoxy) is 2. The molecule has 1 aromatic carbocycles. The standard InChI is InChI=1S/C14H17NO5/c1-19-5-6-20-10-4-2-3-9(7-10)15-13(16)11-8-12(11)14(17)18/h2-4,7,11-12H,5-6,8H2,1H3,(H,15,16)(H,17,18)/t11-,12+/m1/s1. The van der Waals surface area contributed by atoms with E-state index in [0.29, 0.717) is 31.1 Å². The maximum absolute atomic E-state index is 11.8. The topological polar surface area (TPSA) is 84.9 Å². The molecule has 0 radical (unpaired) electrons. The molecule has 1 amide bonds. The van der Waals surface area contributed by atoms with Crippen LogP contribution in [-0.4, -0.2) is 37.3 Å². The number of hydrogen-bond donors (Lipinski definition) is 2. The van der Waals surface area contributed by atoms with Gasteiger partial charge in [-0.05, 0) is 18.6 Å². The molecule has 1 saturated carbocycles. The Bertz CT molecular complexity index is 502. The first-order chi connectivity index (χ1) is 9.61. The van der Waals surface area contributed by atoms with Crippen LogP contribution in [0.15, 0.2) is 24.3 Å². The maximum Gasteiger partial charge on any atom is 0.307 e. The molecule has 1 aliphatic rings. The van der Waals surface area contributed by atoms with Crippen LogP contribution in [0.25, 0.3) is 0 Å². The van der Waals surface area contributed by atoms with Crippen LogP contribution in [0.1, 0.15) is 6.42 Å². The SMILES string of the molecule is COCCOc1cccc(NC(=O)[C@@H]2C[C@@H]2C(=O)O)c1. The molecule has 0 aromatic heterocycles. The Morgan fingerprint density at radius 2 is 2.15 bits per heavy atom. The van der Waals surface area contributed by atoms with Gasteiger partial charge in [-0.25, -0.2) is 0 Å². The summed E-state index contributed by atoms with van der Waals surface area (Å²) in [6.45, 7) is 0.913. The smallest absolute Gasteiger partial charge is 0.307 e. The van der Waals surface area contributed by atoms with Crippen LogP contribution in [0.2, 0.25) is 0 Å². The predicted octanol–water partition coefficient (Wildman–Crippen LogP) is 1.37. The number of aliphatic carboxylic acids is 1. The number of benzene rings is 1. The molecule has 2 atom stereocenters. The Morgan fingerprint density at radius 1 is 1.35 bits per heavy atom. The van der Waals surface area contributed by atoms with Crippen molar-refractivity contribution in [1.29, 1.82) is 0 Å². The number of carbonyl (C=O) groups is 2. The Labute approximate surface area is 116 Å². The normalized spacial score (nSPS) is 20.2. The van der Waals surface area contributed by atoms with E-state index in [4.69, 9.17) is 14.6 Å². The second kappa shape index (κ2) is 6.38. The minimum absolute atomic E-state index is 0.258. The molecule has 0 saturated heterocycles. The number of amides is 1. The fourth-order valence-corrected chi connectivity index (χ4v) is 1.90. The average Bonchev–Trinajstić information content (AvgIpc) is 3.20. The summed E-state index contributed by atoms with van der Waals surface area (Å²) in [5.74, 6) is -1.51. The number of nitrogens with one attached hydrogen (secondary N) is 1. The zero-order valence-electron chi connectivity index (χ0n) is 11.2. The summed E-state index contributed by atoms with van der Waals surface area (Å²) >= 11 is 0. The van der Waals surface area contributed by atoms with Crippen molar-refractivity contribution in [2.45, 2.75) is 6.42 Å². The Balaban J connectivity index is 1.88. The van der Waals surface area contributed by atoms with Crippen molar-refractivity contribution in [3.8, 4) is 5.75 Å². The van der Waals surface area contributed by atoms with E-state index in [1.807, 2.05) is 0 Å². The third kappa shape index (κ3) is 3.71. The molecule has 0 bridgehead atoms. The van der Waals surface area contributed by atoms with Gasteiger partial charge in [-0.3, -0.25) is 9.59 Å². The highest BCUT2D eigenvalue weighted by Gasteiger charge is 2.48. The summed E-state index contributed by atoms with van der Waals surface area (Å²) in [7, 11) is 1.59. The van der Waals surface area contributed by atoms with E-state index < -0.39 is 17.8 Å². The lowest BCUT2D eigenvalue weighted by Gasteiger charge is -2.08. The fraction of sp³-hybridized carbons (Fsp3) is 0.429. The van der Waals surface area contributed by atoms with E-state index in [1.54, 1.807) is 31.4 Å². The number of hydrogen-bond acceptors (Lipinski definition) is 4. The lowest BCUT2D eigenvalue weighted by molar-refractivity contribution is -0.139. The minimum Gasteiger partial charge on any atom is -0.491 e. The Hall–Kier alpha value is -2.08. The van der Waals surface area contributed by atoms with Crippen LogP contribution in [0.4, 0.5) is 5.69 Å². The van der Waals surface area contributed by atoms with Gasteiger partial charge in [-0.2, -0.15) is 0 Å². The van der Waals surface area contributed by atoms with Gasteiger partial charge in [0.25, 0.3) is 0 Å². The van der Waals surface area contributed by atoms with Crippen LogP contribution < -0.4 is 10.1 Å². The molecule has 108 valence electrons. The third-order valence-corrected chi connectivity index (χ3v) is 3.10. The van der Waals surface area contributed by atoms with Crippen molar-refractivity contribution >= 4 is 17.6 Å². The number of carboxylic acid groups (broad SMARTS) is 1. The molecule has 2 rings (SSSR count). The van der Waals surface area contributed by atoms with Gasteiger partial charge in [0.15, 0.2) is 0 Å². The molecular formula is C14H17NO5. The van der Waals surface area contributed by atoms with Crippen LogP contribution in [0, 0.1) is 11.8 Å². The van der Waals surface area contributed by atoms with Gasteiger partial charge in [0.1, 0.15) is 12.4 Å². The number of methoxy groups -OCH3 is 1. The van der Waals surface area contributed by atoms with E-state index in [-0.39, 0.29) is 5.91 Å². The first-order valence-corrected chi connectivity index (χ1v) is 6.37. The molecular weight excluding hydrogens is 262 g/mol. The second-order valence-corrected chi connectivity index (χ2v) is 4.65. The van der Waals surface area contributed by atoms with Crippen molar-refractivity contribution in [1.82, 2.24) is 0 Å². The molecule has 1 aliphatic carbocycles. The van der Waals surface area contributed by atoms with Gasteiger partial charge in [0.2, 0.25) is 5.91 Å².